The monoisotopic (exact) mass is 450 g/mol. The number of aromatic nitrogens is 3. The second-order valence-corrected chi connectivity index (χ2v) is 8.28. The van der Waals surface area contributed by atoms with Gasteiger partial charge in [-0.05, 0) is 38.5 Å². The minimum Gasteiger partial charge on any atom is -0.283 e. The lowest BCUT2D eigenvalue weighted by molar-refractivity contribution is -0.114. The van der Waals surface area contributed by atoms with E-state index in [0.717, 1.165) is 0 Å². The summed E-state index contributed by atoms with van der Waals surface area (Å²) in [4.78, 5) is 32.0. The zero-order valence-corrected chi connectivity index (χ0v) is 18.8. The molecule has 3 aromatic rings. The number of amides is 1. The third-order valence-electron chi connectivity index (χ3n) is 4.55. The summed E-state index contributed by atoms with van der Waals surface area (Å²) >= 11 is 13.5. The Hall–Kier alpha value is -2.22. The molecule has 2 heterocycles. The minimum absolute atomic E-state index is 0.344. The minimum atomic E-state index is -0.617. The van der Waals surface area contributed by atoms with Gasteiger partial charge in [-0.15, -0.1) is 11.3 Å². The van der Waals surface area contributed by atoms with E-state index in [-0.39, 0.29) is 0 Å². The predicted octanol–water partition coefficient (Wildman–Crippen LogP) is 5.09. The van der Waals surface area contributed by atoms with Crippen LogP contribution in [0.3, 0.4) is 0 Å². The van der Waals surface area contributed by atoms with Crippen LogP contribution >= 0.6 is 34.5 Å². The van der Waals surface area contributed by atoms with Crippen molar-refractivity contribution in [1.82, 2.24) is 14.8 Å². The number of ketones is 1. The summed E-state index contributed by atoms with van der Waals surface area (Å²) in [6.07, 6.45) is 0.681. The molecule has 6 nitrogen and oxygen atoms in total. The van der Waals surface area contributed by atoms with Crippen molar-refractivity contribution in [2.24, 2.45) is 7.05 Å². The summed E-state index contributed by atoms with van der Waals surface area (Å²) in [7, 11) is 1.75. The van der Waals surface area contributed by atoms with Gasteiger partial charge in [-0.3, -0.25) is 19.2 Å². The summed E-state index contributed by atoms with van der Waals surface area (Å²) in [6, 6.07) is 5.15. The van der Waals surface area contributed by atoms with Crippen molar-refractivity contribution in [1.29, 1.82) is 0 Å². The van der Waals surface area contributed by atoms with Gasteiger partial charge in [-0.1, -0.05) is 30.1 Å². The summed E-state index contributed by atoms with van der Waals surface area (Å²) in [5.41, 5.74) is 2.88. The number of benzene rings is 1. The quantitative estimate of drug-likeness (QED) is 0.387. The molecule has 0 spiro atoms. The van der Waals surface area contributed by atoms with E-state index >= 15 is 0 Å². The van der Waals surface area contributed by atoms with Crippen LogP contribution in [-0.2, 0) is 11.8 Å². The Morgan fingerprint density at radius 1 is 1.24 bits per heavy atom. The number of thiazole rings is 1. The highest BCUT2D eigenvalue weighted by Gasteiger charge is 2.30. The lowest BCUT2D eigenvalue weighted by Crippen LogP contribution is -2.37. The highest BCUT2D eigenvalue weighted by molar-refractivity contribution is 7.14. The third-order valence-corrected chi connectivity index (χ3v) is 5.96. The number of Topliss-reactive ketones (excluding diaryl/α,β-unsaturated/α-hetero) is 1. The van der Waals surface area contributed by atoms with Crippen LogP contribution < -0.4 is 4.90 Å². The van der Waals surface area contributed by atoms with E-state index < -0.39 is 11.7 Å². The van der Waals surface area contributed by atoms with E-state index in [1.54, 1.807) is 43.8 Å². The molecule has 0 bridgehead atoms. The van der Waals surface area contributed by atoms with E-state index in [1.165, 1.54) is 16.2 Å². The number of anilines is 1. The van der Waals surface area contributed by atoms with Crippen molar-refractivity contribution in [2.45, 2.75) is 27.2 Å². The number of carbonyl (C=O) groups is 2. The molecular formula is C20H20Cl2N4O2S. The first-order valence-electron chi connectivity index (χ1n) is 9.01. The zero-order valence-electron chi connectivity index (χ0n) is 16.5. The molecule has 0 aliphatic heterocycles. The molecule has 0 atom stereocenters. The Morgan fingerprint density at radius 2 is 1.97 bits per heavy atom. The Balaban J connectivity index is 1.95. The maximum absolute atomic E-state index is 13.1. The molecule has 0 unspecified atom stereocenters. The average molecular weight is 451 g/mol. The lowest BCUT2D eigenvalue weighted by Gasteiger charge is -2.18. The molecule has 0 aliphatic carbocycles. The number of nitrogens with zero attached hydrogens (tertiary/aromatic N) is 4. The maximum Gasteiger partial charge on any atom is 0.301 e. The van der Waals surface area contributed by atoms with Gasteiger partial charge in [0.1, 0.15) is 0 Å². The molecule has 152 valence electrons. The SMILES string of the molecule is CCCN(C(=O)C(=O)c1c(C)nn(C)c1C)c1nc(-c2ccc(Cl)cc2Cl)cs1. The number of aryl methyl sites for hydroxylation is 2. The maximum atomic E-state index is 13.1. The third kappa shape index (κ3) is 4.22. The van der Waals surface area contributed by atoms with Crippen molar-refractivity contribution in [3.63, 3.8) is 0 Å². The van der Waals surface area contributed by atoms with E-state index in [4.69, 9.17) is 23.2 Å². The van der Waals surface area contributed by atoms with Crippen LogP contribution in [0.15, 0.2) is 23.6 Å². The molecule has 1 amide bonds. The second kappa shape index (κ2) is 8.65. The summed E-state index contributed by atoms with van der Waals surface area (Å²) < 4.78 is 1.60. The topological polar surface area (TPSA) is 68.1 Å². The zero-order chi connectivity index (χ0) is 21.3. The second-order valence-electron chi connectivity index (χ2n) is 6.59. The van der Waals surface area contributed by atoms with Gasteiger partial charge in [-0.2, -0.15) is 5.10 Å². The van der Waals surface area contributed by atoms with Gasteiger partial charge in [0, 0.05) is 35.3 Å². The van der Waals surface area contributed by atoms with Gasteiger partial charge in [0.25, 0.3) is 5.78 Å². The van der Waals surface area contributed by atoms with Gasteiger partial charge >= 0.3 is 5.91 Å². The van der Waals surface area contributed by atoms with Crippen LogP contribution in [0.5, 0.6) is 0 Å². The van der Waals surface area contributed by atoms with E-state index in [1.807, 2.05) is 12.3 Å². The number of hydrogen-bond donors (Lipinski definition) is 0. The molecule has 0 fully saturated rings. The van der Waals surface area contributed by atoms with E-state index in [9.17, 15) is 9.59 Å². The first-order chi connectivity index (χ1) is 13.7. The highest BCUT2D eigenvalue weighted by atomic mass is 35.5. The summed E-state index contributed by atoms with van der Waals surface area (Å²) in [5.74, 6) is -1.20. The molecule has 9 heteroatoms. The van der Waals surface area contributed by atoms with Crippen LogP contribution in [0.25, 0.3) is 11.3 Å². The highest BCUT2D eigenvalue weighted by Crippen LogP contribution is 2.34. The number of halogens is 2. The Kier molecular flexibility index (Phi) is 6.41. The number of rotatable bonds is 6. The number of hydrogen-bond acceptors (Lipinski definition) is 5. The van der Waals surface area contributed by atoms with Gasteiger partial charge in [-0.25, -0.2) is 4.98 Å². The van der Waals surface area contributed by atoms with Crippen molar-refractivity contribution in [2.75, 3.05) is 11.4 Å². The van der Waals surface area contributed by atoms with Gasteiger partial charge in [0.2, 0.25) is 0 Å². The molecule has 0 aliphatic rings. The van der Waals surface area contributed by atoms with Crippen LogP contribution in [0.4, 0.5) is 5.13 Å². The van der Waals surface area contributed by atoms with E-state index in [2.05, 4.69) is 10.1 Å². The van der Waals surface area contributed by atoms with Gasteiger partial charge < -0.3 is 0 Å². The molecular weight excluding hydrogens is 431 g/mol. The molecule has 1 aromatic carbocycles. The summed E-state index contributed by atoms with van der Waals surface area (Å²) in [5, 5.41) is 7.50. The fourth-order valence-electron chi connectivity index (χ4n) is 3.05. The van der Waals surface area contributed by atoms with Crippen LogP contribution in [0, 0.1) is 13.8 Å². The largest absolute Gasteiger partial charge is 0.301 e. The molecule has 0 radical (unpaired) electrons. The smallest absolute Gasteiger partial charge is 0.283 e. The van der Waals surface area contributed by atoms with Crippen LogP contribution in [0.2, 0.25) is 10.0 Å². The normalized spacial score (nSPS) is 11.0. The molecule has 2 aromatic heterocycles. The first kappa shape index (κ1) is 21.5. The Bertz CT molecular complexity index is 1090. The lowest BCUT2D eigenvalue weighted by atomic mass is 10.1. The molecule has 3 rings (SSSR count). The summed E-state index contributed by atoms with van der Waals surface area (Å²) in [6.45, 7) is 5.82. The van der Waals surface area contributed by atoms with Gasteiger partial charge in [0.15, 0.2) is 5.13 Å². The van der Waals surface area contributed by atoms with E-state index in [0.29, 0.717) is 56.4 Å². The first-order valence-corrected chi connectivity index (χ1v) is 10.7. The average Bonchev–Trinajstić information content (AvgIpc) is 3.23. The Morgan fingerprint density at radius 3 is 2.55 bits per heavy atom. The molecule has 0 saturated heterocycles. The standard InChI is InChI=1S/C20H20Cl2N4O2S/c1-5-8-26(19(28)18(27)17-11(2)24-25(4)12(17)3)20-23-16(10-29-20)14-7-6-13(21)9-15(14)22/h6-7,9-10H,5,8H2,1-4H3. The molecule has 0 N–H and O–H groups in total. The van der Waals surface area contributed by atoms with Crippen molar-refractivity contribution in [3.8, 4) is 11.3 Å². The fourth-order valence-corrected chi connectivity index (χ4v) is 4.40. The fraction of sp³-hybridized carbons (Fsp3) is 0.300. The van der Waals surface area contributed by atoms with Crippen molar-refractivity contribution in [3.05, 3.63) is 50.6 Å². The molecule has 0 saturated carbocycles. The Labute approximate surface area is 183 Å². The van der Waals surface area contributed by atoms with Crippen LogP contribution in [-0.4, -0.2) is 33.0 Å². The van der Waals surface area contributed by atoms with Crippen molar-refractivity contribution >= 4 is 51.4 Å². The number of carbonyl (C=O) groups excluding carboxylic acids is 2. The predicted molar refractivity (Wildman–Crippen MR) is 117 cm³/mol. The van der Waals surface area contributed by atoms with Crippen molar-refractivity contribution < 1.29 is 9.59 Å². The van der Waals surface area contributed by atoms with Gasteiger partial charge in [0.05, 0.1) is 22.0 Å². The molecule has 29 heavy (non-hydrogen) atoms. The van der Waals surface area contributed by atoms with Crippen LogP contribution in [0.1, 0.15) is 35.1 Å².